The number of aromatic nitrogens is 3. The molecule has 0 radical (unpaired) electrons. The zero-order valence-electron chi connectivity index (χ0n) is 13.9. The van der Waals surface area contributed by atoms with Crippen LogP contribution in [0.25, 0.3) is 21.5 Å². The smallest absolute Gasteiger partial charge is 0.227 e. The highest BCUT2D eigenvalue weighted by Crippen LogP contribution is 2.26. The second-order valence-electron chi connectivity index (χ2n) is 5.69. The molecule has 0 bridgehead atoms. The number of nitrogens with zero attached hydrogens (tertiary/aromatic N) is 3. The van der Waals surface area contributed by atoms with Gasteiger partial charge in [-0.15, -0.1) is 11.3 Å². The number of nitrogens with one attached hydrogen (secondary N) is 2. The molecule has 0 atom stereocenters. The van der Waals surface area contributed by atoms with Gasteiger partial charge in [0.25, 0.3) is 0 Å². The molecule has 6 nitrogen and oxygen atoms in total. The second kappa shape index (κ2) is 6.89. The molecule has 0 aliphatic heterocycles. The van der Waals surface area contributed by atoms with Gasteiger partial charge in [0.15, 0.2) is 0 Å². The highest BCUT2D eigenvalue weighted by molar-refractivity contribution is 7.13. The molecule has 128 valence electrons. The number of hydrogen-bond acceptors (Lipinski definition) is 6. The molecule has 0 spiro atoms. The molecule has 0 aliphatic carbocycles. The van der Waals surface area contributed by atoms with Gasteiger partial charge in [-0.25, -0.2) is 15.0 Å². The average molecular weight is 361 g/mol. The van der Waals surface area contributed by atoms with Crippen molar-refractivity contribution in [3.05, 3.63) is 60.2 Å². The lowest BCUT2D eigenvalue weighted by Gasteiger charge is -2.08. The van der Waals surface area contributed by atoms with E-state index < -0.39 is 0 Å². The van der Waals surface area contributed by atoms with Crippen LogP contribution in [0.2, 0.25) is 0 Å². The van der Waals surface area contributed by atoms with Gasteiger partial charge in [-0.1, -0.05) is 6.07 Å². The monoisotopic (exact) mass is 361 g/mol. The van der Waals surface area contributed by atoms with E-state index in [-0.39, 0.29) is 5.91 Å². The quantitative estimate of drug-likeness (QED) is 0.561. The summed E-state index contributed by atoms with van der Waals surface area (Å²) in [7, 11) is 0. The number of carbonyl (C=O) groups excluding carboxylic acids is 1. The number of thiazole rings is 1. The fourth-order valence-electron chi connectivity index (χ4n) is 2.60. The maximum atomic E-state index is 11.2. The van der Waals surface area contributed by atoms with E-state index in [2.05, 4.69) is 25.6 Å². The summed E-state index contributed by atoms with van der Waals surface area (Å²) >= 11 is 1.60. The van der Waals surface area contributed by atoms with Crippen LogP contribution >= 0.6 is 11.3 Å². The Morgan fingerprint density at radius 1 is 1.08 bits per heavy atom. The van der Waals surface area contributed by atoms with E-state index in [0.717, 1.165) is 32.8 Å². The van der Waals surface area contributed by atoms with Crippen molar-refractivity contribution >= 4 is 45.5 Å². The first kappa shape index (κ1) is 16.2. The van der Waals surface area contributed by atoms with Crippen molar-refractivity contribution in [2.75, 3.05) is 10.6 Å². The van der Waals surface area contributed by atoms with Crippen molar-refractivity contribution in [3.63, 3.8) is 0 Å². The van der Waals surface area contributed by atoms with Crippen molar-refractivity contribution in [1.29, 1.82) is 0 Å². The number of benzene rings is 2. The Morgan fingerprint density at radius 2 is 1.96 bits per heavy atom. The first-order valence-electron chi connectivity index (χ1n) is 7.99. The lowest BCUT2D eigenvalue weighted by molar-refractivity contribution is -0.114. The third-order valence-corrected chi connectivity index (χ3v) is 4.52. The Hall–Kier alpha value is -3.32. The Bertz CT molecular complexity index is 1080. The van der Waals surface area contributed by atoms with Crippen molar-refractivity contribution in [3.8, 4) is 10.6 Å². The van der Waals surface area contributed by atoms with Crippen LogP contribution in [0.3, 0.4) is 0 Å². The van der Waals surface area contributed by atoms with Gasteiger partial charge in [0.2, 0.25) is 11.9 Å². The van der Waals surface area contributed by atoms with Crippen LogP contribution in [0, 0.1) is 0 Å². The molecule has 7 heteroatoms. The van der Waals surface area contributed by atoms with Gasteiger partial charge in [0.1, 0.15) is 5.01 Å². The zero-order valence-corrected chi connectivity index (χ0v) is 14.7. The molecular weight excluding hydrogens is 346 g/mol. The molecule has 2 aromatic heterocycles. The summed E-state index contributed by atoms with van der Waals surface area (Å²) in [6, 6.07) is 13.4. The topological polar surface area (TPSA) is 79.8 Å². The van der Waals surface area contributed by atoms with Gasteiger partial charge in [0.05, 0.1) is 5.52 Å². The van der Waals surface area contributed by atoms with E-state index in [9.17, 15) is 4.79 Å². The number of anilines is 3. The van der Waals surface area contributed by atoms with Crippen molar-refractivity contribution < 1.29 is 4.79 Å². The van der Waals surface area contributed by atoms with Crippen LogP contribution in [0.5, 0.6) is 0 Å². The second-order valence-corrected chi connectivity index (χ2v) is 6.59. The van der Waals surface area contributed by atoms with Gasteiger partial charge in [-0.3, -0.25) is 4.79 Å². The summed E-state index contributed by atoms with van der Waals surface area (Å²) < 4.78 is 0. The molecule has 0 unspecified atom stereocenters. The summed E-state index contributed by atoms with van der Waals surface area (Å²) in [5.41, 5.74) is 3.42. The van der Waals surface area contributed by atoms with Crippen molar-refractivity contribution in [2.45, 2.75) is 6.92 Å². The SMILES string of the molecule is CC(=O)Nc1cccc(Nc2ncc3cc(-c4nccs4)ccc3n2)c1. The largest absolute Gasteiger partial charge is 0.326 e. The van der Waals surface area contributed by atoms with E-state index in [4.69, 9.17) is 0 Å². The number of hydrogen-bond donors (Lipinski definition) is 2. The Morgan fingerprint density at radius 3 is 2.77 bits per heavy atom. The number of amides is 1. The molecule has 26 heavy (non-hydrogen) atoms. The average Bonchev–Trinajstić information content (AvgIpc) is 3.16. The summed E-state index contributed by atoms with van der Waals surface area (Å²) in [5.74, 6) is 0.389. The van der Waals surface area contributed by atoms with Crippen LogP contribution in [0.15, 0.2) is 60.2 Å². The van der Waals surface area contributed by atoms with Gasteiger partial charge in [-0.2, -0.15) is 0 Å². The van der Waals surface area contributed by atoms with Gasteiger partial charge in [0, 0.05) is 47.0 Å². The van der Waals surface area contributed by atoms with Gasteiger partial charge >= 0.3 is 0 Å². The Kier molecular flexibility index (Phi) is 4.28. The standard InChI is InChI=1S/C19H15N5OS/c1-12(25)22-15-3-2-4-16(10-15)23-19-21-11-14-9-13(5-6-17(14)24-19)18-20-7-8-26-18/h2-11H,1H3,(H,22,25)(H,21,23,24). The molecule has 0 saturated carbocycles. The fraction of sp³-hybridized carbons (Fsp3) is 0.0526. The lowest BCUT2D eigenvalue weighted by Crippen LogP contribution is -2.06. The van der Waals surface area contributed by atoms with Crippen LogP contribution in [0.1, 0.15) is 6.92 Å². The van der Waals surface area contributed by atoms with E-state index in [1.54, 1.807) is 23.7 Å². The van der Waals surface area contributed by atoms with Crippen LogP contribution in [-0.4, -0.2) is 20.9 Å². The van der Waals surface area contributed by atoms with Gasteiger partial charge in [-0.05, 0) is 36.4 Å². The van der Waals surface area contributed by atoms with Crippen LogP contribution in [-0.2, 0) is 4.79 Å². The third kappa shape index (κ3) is 3.52. The highest BCUT2D eigenvalue weighted by atomic mass is 32.1. The lowest BCUT2D eigenvalue weighted by atomic mass is 10.1. The molecule has 2 heterocycles. The minimum absolute atomic E-state index is 0.111. The molecule has 4 rings (SSSR count). The summed E-state index contributed by atoms with van der Waals surface area (Å²) in [6.45, 7) is 1.48. The van der Waals surface area contributed by atoms with Crippen LogP contribution < -0.4 is 10.6 Å². The molecule has 0 fully saturated rings. The summed E-state index contributed by atoms with van der Waals surface area (Å²) in [4.78, 5) is 24.5. The van der Waals surface area contributed by atoms with Gasteiger partial charge < -0.3 is 10.6 Å². The minimum Gasteiger partial charge on any atom is -0.326 e. The number of rotatable bonds is 4. The maximum Gasteiger partial charge on any atom is 0.227 e. The minimum atomic E-state index is -0.111. The number of fused-ring (bicyclic) bond motifs is 1. The van der Waals surface area contributed by atoms with Crippen molar-refractivity contribution in [2.24, 2.45) is 0 Å². The first-order valence-corrected chi connectivity index (χ1v) is 8.87. The molecule has 2 aromatic carbocycles. The molecule has 2 N–H and O–H groups in total. The number of carbonyl (C=O) groups is 1. The molecule has 1 amide bonds. The molecule has 4 aromatic rings. The molecular formula is C19H15N5OS. The van der Waals surface area contributed by atoms with E-state index in [0.29, 0.717) is 5.95 Å². The van der Waals surface area contributed by atoms with Crippen molar-refractivity contribution in [1.82, 2.24) is 15.0 Å². The predicted octanol–water partition coefficient (Wildman–Crippen LogP) is 4.46. The highest BCUT2D eigenvalue weighted by Gasteiger charge is 2.05. The normalized spacial score (nSPS) is 10.7. The maximum absolute atomic E-state index is 11.2. The molecule has 0 saturated heterocycles. The molecule has 0 aliphatic rings. The first-order chi connectivity index (χ1) is 12.7. The van der Waals surface area contributed by atoms with E-state index in [1.807, 2.05) is 47.8 Å². The predicted molar refractivity (Wildman–Crippen MR) is 105 cm³/mol. The van der Waals surface area contributed by atoms with E-state index in [1.165, 1.54) is 6.92 Å². The fourth-order valence-corrected chi connectivity index (χ4v) is 3.24. The Labute approximate surface area is 154 Å². The van der Waals surface area contributed by atoms with Crippen LogP contribution in [0.4, 0.5) is 17.3 Å². The summed E-state index contributed by atoms with van der Waals surface area (Å²) in [5, 5.41) is 9.81. The third-order valence-electron chi connectivity index (χ3n) is 3.70. The summed E-state index contributed by atoms with van der Waals surface area (Å²) in [6.07, 6.45) is 3.59. The van der Waals surface area contributed by atoms with E-state index >= 15 is 0 Å². The zero-order chi connectivity index (χ0) is 17.9. The Balaban J connectivity index is 1.60.